The van der Waals surface area contributed by atoms with Gasteiger partial charge in [0.2, 0.25) is 59.1 Å². The van der Waals surface area contributed by atoms with Crippen molar-refractivity contribution in [2.75, 3.05) is 120 Å². The van der Waals surface area contributed by atoms with Crippen molar-refractivity contribution < 1.29 is 81.6 Å². The average Bonchev–Trinajstić information content (AvgIpc) is 1.80. The zero-order valence-corrected chi connectivity index (χ0v) is 60.9. The number of rotatable bonds is 36. The molecule has 11 atom stereocenters. The number of benzene rings is 2. The van der Waals surface area contributed by atoms with E-state index >= 15 is 0 Å². The number of carbonyl (C=O) groups excluding carboxylic acids is 12. The number of aliphatic hydroxyl groups is 1. The molecule has 0 aromatic heterocycles. The van der Waals surface area contributed by atoms with Crippen LogP contribution in [0.2, 0.25) is 0 Å². The number of ether oxygens (including phenoxy) is 4. The number of carbonyl (C=O) groups is 12. The maximum atomic E-state index is 14.9. The highest BCUT2D eigenvalue weighted by Gasteiger charge is 2.44. The molecule has 2 aromatic carbocycles. The van der Waals surface area contributed by atoms with E-state index in [1.54, 1.807) is 101 Å². The number of methoxy groups -OCH3 is 2. The Hall–Kier alpha value is -8.22. The van der Waals surface area contributed by atoms with Crippen molar-refractivity contribution in [2.24, 2.45) is 23.7 Å². The summed E-state index contributed by atoms with van der Waals surface area (Å²) >= 11 is 0. The number of imide groups is 1. The molecular formula is C72H110N12O17. The van der Waals surface area contributed by atoms with Gasteiger partial charge in [-0.3, -0.25) is 67.3 Å². The minimum Gasteiger partial charge on any atom is -0.386 e. The quantitative estimate of drug-likeness (QED) is 0.0462. The number of nitrogens with zero attached hydrogens (tertiary/aromatic N) is 6. The van der Waals surface area contributed by atoms with Crippen molar-refractivity contribution in [3.63, 3.8) is 0 Å². The Bertz CT molecular complexity index is 3070. The van der Waals surface area contributed by atoms with Gasteiger partial charge in [0.05, 0.1) is 94.8 Å². The van der Waals surface area contributed by atoms with E-state index in [9.17, 15) is 62.6 Å². The first-order valence-corrected chi connectivity index (χ1v) is 35.2. The van der Waals surface area contributed by atoms with Crippen molar-refractivity contribution in [1.29, 1.82) is 0 Å². The molecule has 3 aliphatic heterocycles. The number of aliphatic hydroxyl groups excluding tert-OH is 1. The predicted octanol–water partition coefficient (Wildman–Crippen LogP) is 0.727. The minimum atomic E-state index is -1.23. The standard InChI is InChI=1S/C72H110N12O17/c1-13-48(6)66(55(98-11)42-62(91)83-30-20-25-54(83)68(99-12)49(7)69(94)76-50(8)67(93)52-23-18-15-19-24-52)80(10)72(97)64(46(2)3)78-71(96)65(47(4)5)79(9)63(92)45-75-70(95)53(41-51-21-16-14-17-22-51)77-58(87)44-74-57(86)43-73-56(85)28-31-81-33-37-100-39-35-82(36-40-101-38-34-81)59(88)29-32-84-60(89)26-27-61(84)90/h14-19,21-24,26-27,46-50,53-55,64-68,93H,13,20,25,28-45H2,1-12H3,(H,73,85)(H,74,86)(H,75,95)(H,76,94)(H,77,87)(H,78,96)/t48-,49+,50+,53-,54+,55+,64-,65-,66-,67+,68+/m0/s1. The first-order chi connectivity index (χ1) is 48.1. The first kappa shape index (κ1) is 83.4. The van der Waals surface area contributed by atoms with Crippen molar-refractivity contribution >= 4 is 70.9 Å². The molecule has 3 aliphatic rings. The van der Waals surface area contributed by atoms with Crippen LogP contribution in [0.3, 0.4) is 0 Å². The van der Waals surface area contributed by atoms with Gasteiger partial charge in [0.15, 0.2) is 0 Å². The smallest absolute Gasteiger partial charge is 0.253 e. The second-order valence-electron chi connectivity index (χ2n) is 26.9. The molecule has 0 radical (unpaired) electrons. The Morgan fingerprint density at radius 1 is 0.634 bits per heavy atom. The monoisotopic (exact) mass is 1410 g/mol. The molecular weight excluding hydrogens is 1300 g/mol. The summed E-state index contributed by atoms with van der Waals surface area (Å²) in [5.41, 5.74) is 1.33. The van der Waals surface area contributed by atoms with Gasteiger partial charge in [-0.05, 0) is 48.6 Å². The largest absolute Gasteiger partial charge is 0.386 e. The number of hydrogen-bond donors (Lipinski definition) is 7. The Kier molecular flexibility index (Phi) is 34.9. The van der Waals surface area contributed by atoms with Gasteiger partial charge in [-0.1, -0.05) is 116 Å². The van der Waals surface area contributed by atoms with E-state index in [1.165, 1.54) is 43.2 Å². The summed E-state index contributed by atoms with van der Waals surface area (Å²) in [5, 5.41) is 27.1. The van der Waals surface area contributed by atoms with Gasteiger partial charge in [0.25, 0.3) is 11.8 Å². The molecule has 0 spiro atoms. The molecule has 29 heteroatoms. The molecule has 5 rings (SSSR count). The third-order valence-corrected chi connectivity index (χ3v) is 19.0. The summed E-state index contributed by atoms with van der Waals surface area (Å²) < 4.78 is 23.6. The zero-order chi connectivity index (χ0) is 74.5. The second-order valence-corrected chi connectivity index (χ2v) is 26.9. The van der Waals surface area contributed by atoms with Crippen LogP contribution >= 0.6 is 0 Å². The second kappa shape index (κ2) is 42.3. The number of nitrogens with one attached hydrogen (secondary N) is 6. The number of likely N-dealkylation sites (N-methyl/N-ethyl adjacent to an activating group) is 2. The molecule has 0 saturated carbocycles. The lowest BCUT2D eigenvalue weighted by Gasteiger charge is -2.41. The molecule has 0 aliphatic carbocycles. The summed E-state index contributed by atoms with van der Waals surface area (Å²) in [5.74, 6) is -7.87. The molecule has 7 N–H and O–H groups in total. The van der Waals surface area contributed by atoms with Crippen LogP contribution < -0.4 is 31.9 Å². The molecule has 2 aromatic rings. The summed E-state index contributed by atoms with van der Waals surface area (Å²) in [4.78, 5) is 171. The highest BCUT2D eigenvalue weighted by atomic mass is 16.5. The van der Waals surface area contributed by atoms with E-state index in [0.717, 1.165) is 4.90 Å². The predicted molar refractivity (Wildman–Crippen MR) is 374 cm³/mol. The fraction of sp³-hybridized carbons (Fsp3) is 0.639. The van der Waals surface area contributed by atoms with Crippen LogP contribution in [0.1, 0.15) is 111 Å². The van der Waals surface area contributed by atoms with Gasteiger partial charge in [-0.25, -0.2) is 0 Å². The van der Waals surface area contributed by atoms with E-state index in [4.69, 9.17) is 18.9 Å². The molecule has 29 nitrogen and oxygen atoms in total. The Morgan fingerprint density at radius 2 is 1.23 bits per heavy atom. The van der Waals surface area contributed by atoms with Gasteiger partial charge in [0.1, 0.15) is 18.1 Å². The number of likely N-dealkylation sites (tertiary alicyclic amines) is 1. The summed E-state index contributed by atoms with van der Waals surface area (Å²) in [6.45, 7) is 16.1. The number of hydrogen-bond acceptors (Lipinski definition) is 18. The van der Waals surface area contributed by atoms with E-state index in [-0.39, 0.29) is 82.2 Å². The maximum absolute atomic E-state index is 14.9. The van der Waals surface area contributed by atoms with Crippen LogP contribution in [-0.4, -0.2) is 274 Å². The lowest BCUT2D eigenvalue weighted by atomic mass is 9.89. The first-order valence-electron chi connectivity index (χ1n) is 35.2. The topological polar surface area (TPSA) is 354 Å². The Morgan fingerprint density at radius 3 is 1.81 bits per heavy atom. The van der Waals surface area contributed by atoms with Gasteiger partial charge >= 0.3 is 0 Å². The van der Waals surface area contributed by atoms with E-state index in [2.05, 4.69) is 31.9 Å². The lowest BCUT2D eigenvalue weighted by molar-refractivity contribution is -0.148. The van der Waals surface area contributed by atoms with Crippen LogP contribution in [0.5, 0.6) is 0 Å². The molecule has 0 unspecified atom stereocenters. The molecule has 3 heterocycles. The molecule has 2 saturated heterocycles. The van der Waals surface area contributed by atoms with Crippen molar-refractivity contribution in [2.45, 2.75) is 155 Å². The van der Waals surface area contributed by atoms with E-state index in [0.29, 0.717) is 69.8 Å². The van der Waals surface area contributed by atoms with Crippen molar-refractivity contribution in [1.82, 2.24) is 61.3 Å². The third kappa shape index (κ3) is 25.7. The molecule has 2 fully saturated rings. The van der Waals surface area contributed by atoms with E-state index < -0.39 is 145 Å². The van der Waals surface area contributed by atoms with Gasteiger partial charge in [-0.15, -0.1) is 0 Å². The lowest BCUT2D eigenvalue weighted by Crippen LogP contribution is -2.61. The summed E-state index contributed by atoms with van der Waals surface area (Å²) in [7, 11) is 6.03. The van der Waals surface area contributed by atoms with Crippen LogP contribution in [0.25, 0.3) is 0 Å². The Balaban J connectivity index is 1.11. The Labute approximate surface area is 594 Å². The van der Waals surface area contributed by atoms with Crippen molar-refractivity contribution in [3.05, 3.63) is 83.9 Å². The normalized spacial score (nSPS) is 18.5. The maximum Gasteiger partial charge on any atom is 0.253 e. The highest BCUT2D eigenvalue weighted by Crippen LogP contribution is 2.30. The fourth-order valence-corrected chi connectivity index (χ4v) is 12.9. The fourth-order valence-electron chi connectivity index (χ4n) is 12.9. The van der Waals surface area contributed by atoms with Gasteiger partial charge < -0.3 is 75.6 Å². The van der Waals surface area contributed by atoms with Gasteiger partial charge in [-0.2, -0.15) is 0 Å². The van der Waals surface area contributed by atoms with Crippen LogP contribution in [0.4, 0.5) is 0 Å². The SMILES string of the molecule is CC[C@H](C)[C@@H]([C@@H](CC(=O)N1CCC[C@@H]1[C@H](OC)[C@@H](C)C(=O)N[C@H](C)[C@@H](O)c1ccccc1)OC)N(C)C(=O)[C@@H](NC(=O)[C@H](C(C)C)N(C)C(=O)CNC(=O)[C@H](Cc1ccccc1)NC(=O)CNC(=O)CNC(=O)CCN1CCOCCN(C(=O)CCN2C(=O)C=CC2=O)CCOCC1)C(C)C. The average molecular weight is 1420 g/mol. The number of amides is 12. The third-order valence-electron chi connectivity index (χ3n) is 19.0. The summed E-state index contributed by atoms with van der Waals surface area (Å²) in [6.07, 6.45) is 1.66. The summed E-state index contributed by atoms with van der Waals surface area (Å²) in [6, 6.07) is 12.7. The van der Waals surface area contributed by atoms with Gasteiger partial charge in [0, 0.05) is 106 Å². The molecule has 0 bridgehead atoms. The molecule has 12 amide bonds. The van der Waals surface area contributed by atoms with Crippen LogP contribution in [-0.2, 0) is 82.9 Å². The van der Waals surface area contributed by atoms with Crippen LogP contribution in [0.15, 0.2) is 72.8 Å². The minimum absolute atomic E-state index is 0.00169. The van der Waals surface area contributed by atoms with Crippen molar-refractivity contribution in [3.8, 4) is 0 Å². The highest BCUT2D eigenvalue weighted by molar-refractivity contribution is 6.13. The molecule has 101 heavy (non-hydrogen) atoms. The molecule has 560 valence electrons. The zero-order valence-electron chi connectivity index (χ0n) is 60.9. The van der Waals surface area contributed by atoms with Crippen LogP contribution in [0, 0.1) is 23.7 Å². The van der Waals surface area contributed by atoms with E-state index in [1.807, 2.05) is 36.9 Å².